The molecule has 0 bridgehead atoms. The molecule has 5 aromatic carbocycles. The zero-order valence-electron chi connectivity index (χ0n) is 37.9. The van der Waals surface area contributed by atoms with Crippen LogP contribution in [0.15, 0.2) is 146 Å². The van der Waals surface area contributed by atoms with Gasteiger partial charge in [0.25, 0.3) is 16.6 Å². The lowest BCUT2D eigenvalue weighted by molar-refractivity contribution is -0.271. The number of methoxy groups -OCH3 is 1. The van der Waals surface area contributed by atoms with E-state index in [0.717, 1.165) is 17.6 Å². The summed E-state index contributed by atoms with van der Waals surface area (Å²) in [5, 5.41) is 4.50. The minimum atomic E-state index is -3.02. The molecule has 0 aliphatic carbocycles. The summed E-state index contributed by atoms with van der Waals surface area (Å²) in [6.07, 6.45) is 0.425. The average molecular weight is 871 g/mol. The first kappa shape index (κ1) is 45.8. The van der Waals surface area contributed by atoms with Gasteiger partial charge in [0, 0.05) is 25.4 Å². The van der Waals surface area contributed by atoms with Crippen molar-refractivity contribution in [3.63, 3.8) is 0 Å². The van der Waals surface area contributed by atoms with Crippen molar-refractivity contribution < 1.29 is 32.6 Å². The van der Waals surface area contributed by atoms with Crippen LogP contribution in [0.1, 0.15) is 73.3 Å². The van der Waals surface area contributed by atoms with Crippen LogP contribution in [0.3, 0.4) is 0 Å². The molecule has 0 unspecified atom stereocenters. The number of benzene rings is 5. The molecule has 2 saturated heterocycles. The van der Waals surface area contributed by atoms with Gasteiger partial charge in [-0.25, -0.2) is 0 Å². The van der Waals surface area contributed by atoms with Crippen molar-refractivity contribution in [3.8, 4) is 5.75 Å². The Labute approximate surface area is 372 Å². The van der Waals surface area contributed by atoms with E-state index in [1.165, 1.54) is 20.7 Å². The van der Waals surface area contributed by atoms with Crippen molar-refractivity contribution in [1.82, 2.24) is 0 Å². The van der Waals surface area contributed by atoms with Crippen LogP contribution in [-0.4, -0.2) is 73.3 Å². The van der Waals surface area contributed by atoms with Crippen molar-refractivity contribution >= 4 is 43.7 Å². The van der Waals surface area contributed by atoms with Crippen LogP contribution in [0, 0.1) is 5.92 Å². The topological polar surface area (TPSA) is 72.5 Å². The fourth-order valence-corrected chi connectivity index (χ4v) is 19.5. The molecule has 9 heteroatoms. The normalized spacial score (nSPS) is 23.3. The highest BCUT2D eigenvalue weighted by molar-refractivity contribution is 7.00. The van der Waals surface area contributed by atoms with Crippen LogP contribution in [0.2, 0.25) is 10.1 Å². The first-order valence-corrected chi connectivity index (χ1v) is 26.2. The van der Waals surface area contributed by atoms with E-state index in [2.05, 4.69) is 170 Å². The molecule has 7 rings (SSSR count). The minimum absolute atomic E-state index is 0.0640. The summed E-state index contributed by atoms with van der Waals surface area (Å²) >= 11 is 0. The van der Waals surface area contributed by atoms with Gasteiger partial charge in [-0.05, 0) is 54.9 Å². The van der Waals surface area contributed by atoms with Gasteiger partial charge in [0.1, 0.15) is 12.0 Å². The molecule has 5 aromatic rings. The quantitative estimate of drug-likeness (QED) is 0.0727. The number of ether oxygens (including phenoxy) is 4. The van der Waals surface area contributed by atoms with Crippen LogP contribution < -0.4 is 25.5 Å². The predicted octanol–water partition coefficient (Wildman–Crippen LogP) is 8.64. The Balaban J connectivity index is 1.26. The Morgan fingerprint density at radius 1 is 0.645 bits per heavy atom. The Hall–Kier alpha value is -4.20. The Morgan fingerprint density at radius 3 is 1.58 bits per heavy atom. The van der Waals surface area contributed by atoms with Gasteiger partial charge in [0.2, 0.25) is 0 Å². The predicted molar refractivity (Wildman–Crippen MR) is 254 cm³/mol. The molecular formula is C53H66O7Si2. The molecule has 2 aliphatic heterocycles. The molecular weight excluding hydrogens is 805 g/mol. The molecule has 62 heavy (non-hydrogen) atoms. The largest absolute Gasteiger partial charge is 0.497 e. The summed E-state index contributed by atoms with van der Waals surface area (Å²) < 4.78 is 41.9. The molecule has 2 aliphatic rings. The van der Waals surface area contributed by atoms with Gasteiger partial charge in [-0.1, -0.05) is 182 Å². The maximum Gasteiger partial charge on any atom is 0.261 e. The van der Waals surface area contributed by atoms with Gasteiger partial charge in [-0.3, -0.25) is 0 Å². The SMILES string of the molecule is COc1ccc(CO[C@@H]2[C@@H](C)[C@@H]3O[C@H](CCO[Si](c4ccccc4)(c4ccccc4)C(C)(C)C)[C@H](O[Si](c4ccccc4)(c4ccccc4)C(C)(C)C)C[C@@H]3O[C@H]2CC=O)cc1. The third-order valence-electron chi connectivity index (χ3n) is 13.1. The van der Waals surface area contributed by atoms with E-state index >= 15 is 0 Å². The van der Waals surface area contributed by atoms with Crippen molar-refractivity contribution in [2.45, 2.75) is 121 Å². The van der Waals surface area contributed by atoms with Crippen LogP contribution in [0.4, 0.5) is 0 Å². The first-order chi connectivity index (χ1) is 29.8. The highest BCUT2D eigenvalue weighted by Gasteiger charge is 2.56. The van der Waals surface area contributed by atoms with Crippen LogP contribution in [0.25, 0.3) is 0 Å². The Morgan fingerprint density at radius 2 is 1.13 bits per heavy atom. The van der Waals surface area contributed by atoms with Gasteiger partial charge in [0.05, 0.1) is 50.3 Å². The molecule has 0 spiro atoms. The first-order valence-electron chi connectivity index (χ1n) is 22.4. The minimum Gasteiger partial charge on any atom is -0.497 e. The molecule has 2 heterocycles. The van der Waals surface area contributed by atoms with Crippen LogP contribution >= 0.6 is 0 Å². The molecule has 0 N–H and O–H groups in total. The summed E-state index contributed by atoms with van der Waals surface area (Å²) in [6, 6.07) is 51.1. The number of carbonyl (C=O) groups excluding carboxylic acids is 1. The highest BCUT2D eigenvalue weighted by atomic mass is 28.4. The molecule has 0 radical (unpaired) electrons. The number of fused-ring (bicyclic) bond motifs is 1. The molecule has 0 amide bonds. The summed E-state index contributed by atoms with van der Waals surface area (Å²) in [7, 11) is -4.20. The zero-order valence-corrected chi connectivity index (χ0v) is 39.9. The molecule has 7 atom stereocenters. The fraction of sp³-hybridized carbons (Fsp3) is 0.415. The lowest BCUT2D eigenvalue weighted by Gasteiger charge is -2.53. The monoisotopic (exact) mass is 870 g/mol. The maximum atomic E-state index is 12.2. The van der Waals surface area contributed by atoms with Gasteiger partial charge in [-0.15, -0.1) is 0 Å². The second kappa shape index (κ2) is 19.7. The summed E-state index contributed by atoms with van der Waals surface area (Å²) in [4.78, 5) is 12.2. The lowest BCUT2D eigenvalue weighted by Crippen LogP contribution is -2.70. The number of hydrogen-bond acceptors (Lipinski definition) is 7. The summed E-state index contributed by atoms with van der Waals surface area (Å²) in [5.41, 5.74) is 1.02. The number of rotatable bonds is 16. The number of aldehydes is 1. The number of carbonyl (C=O) groups is 1. The van der Waals surface area contributed by atoms with E-state index in [9.17, 15) is 4.79 Å². The van der Waals surface area contributed by atoms with E-state index in [4.69, 9.17) is 27.8 Å². The molecule has 0 aromatic heterocycles. The maximum absolute atomic E-state index is 12.2. The van der Waals surface area contributed by atoms with Crippen molar-refractivity contribution in [2.75, 3.05) is 13.7 Å². The second-order valence-electron chi connectivity index (χ2n) is 19.1. The lowest BCUT2D eigenvalue weighted by atomic mass is 9.82. The average Bonchev–Trinajstić information content (AvgIpc) is 3.27. The van der Waals surface area contributed by atoms with E-state index in [-0.39, 0.29) is 52.9 Å². The van der Waals surface area contributed by atoms with Crippen molar-refractivity contribution in [3.05, 3.63) is 151 Å². The Kier molecular flexibility index (Phi) is 14.5. The standard InChI is InChI=1S/C53H66O7Si2/c1-39-50(56-38-40-29-31-41(55-8)32-30-40)47(33-35-54)58-49-37-48(60-62(53(5,6)7,44-25-17-11-18-26-44)45-27-19-12-20-28-45)46(59-51(39)49)34-36-57-61(52(2,3)4,42-21-13-9-14-22-42)43-23-15-10-16-24-43/h9-32,35,39,46-51H,33-34,36-38H2,1-8H3/t39-,46-,47+,48-,49+,50-,51+/m1/s1. The van der Waals surface area contributed by atoms with Gasteiger partial charge in [0.15, 0.2) is 0 Å². The van der Waals surface area contributed by atoms with E-state index < -0.39 is 22.7 Å². The van der Waals surface area contributed by atoms with Crippen LogP contribution in [0.5, 0.6) is 5.75 Å². The van der Waals surface area contributed by atoms with Gasteiger partial charge < -0.3 is 32.6 Å². The van der Waals surface area contributed by atoms with E-state index in [0.29, 0.717) is 26.1 Å². The van der Waals surface area contributed by atoms with Gasteiger partial charge >= 0.3 is 0 Å². The van der Waals surface area contributed by atoms with E-state index in [1.54, 1.807) is 7.11 Å². The Bertz CT molecular complexity index is 2060. The highest BCUT2D eigenvalue weighted by Crippen LogP contribution is 2.44. The third-order valence-corrected chi connectivity index (χ3v) is 23.2. The molecule has 2 fully saturated rings. The van der Waals surface area contributed by atoms with Crippen LogP contribution in [-0.2, 0) is 34.5 Å². The molecule has 0 saturated carbocycles. The van der Waals surface area contributed by atoms with Gasteiger partial charge in [-0.2, -0.15) is 0 Å². The van der Waals surface area contributed by atoms with Crippen molar-refractivity contribution in [1.29, 1.82) is 0 Å². The smallest absolute Gasteiger partial charge is 0.261 e. The summed E-state index contributed by atoms with van der Waals surface area (Å²) in [5.74, 6) is 0.728. The molecule has 328 valence electrons. The fourth-order valence-electron chi connectivity index (χ4n) is 10.2. The number of hydrogen-bond donors (Lipinski definition) is 0. The van der Waals surface area contributed by atoms with E-state index in [1.807, 2.05) is 24.3 Å². The second-order valence-corrected chi connectivity index (χ2v) is 27.7. The zero-order chi connectivity index (χ0) is 44.0. The van der Waals surface area contributed by atoms with Crippen molar-refractivity contribution in [2.24, 2.45) is 5.92 Å². The molecule has 7 nitrogen and oxygen atoms in total. The summed E-state index contributed by atoms with van der Waals surface area (Å²) in [6.45, 7) is 17.0. The third kappa shape index (κ3) is 9.36.